The van der Waals surface area contributed by atoms with Gasteiger partial charge in [-0.1, -0.05) is 24.3 Å². The number of aliphatic hydroxyl groups excluding tert-OH is 1. The molecule has 0 fully saturated rings. The van der Waals surface area contributed by atoms with Gasteiger partial charge in [0.15, 0.2) is 0 Å². The number of aliphatic hydroxyl groups is 1. The number of hydrogen-bond acceptors (Lipinski definition) is 4. The number of aryl methyl sites for hydroxylation is 2. The van der Waals surface area contributed by atoms with Gasteiger partial charge in [-0.15, -0.1) is 0 Å². The molecule has 2 N–H and O–H groups in total. The molecular formula is C22H25N3O2. The molecule has 0 spiro atoms. The first-order valence-electron chi connectivity index (χ1n) is 8.95. The lowest BCUT2D eigenvalue weighted by Crippen LogP contribution is -2.26. The van der Waals surface area contributed by atoms with Gasteiger partial charge in [0.2, 0.25) is 0 Å². The van der Waals surface area contributed by atoms with Crippen LogP contribution in [0.2, 0.25) is 0 Å². The lowest BCUT2D eigenvalue weighted by atomic mass is 10.0. The molecule has 0 aliphatic carbocycles. The summed E-state index contributed by atoms with van der Waals surface area (Å²) in [5.74, 6) is -0.425. The highest BCUT2D eigenvalue weighted by atomic mass is 16.3. The van der Waals surface area contributed by atoms with E-state index in [1.54, 1.807) is 6.08 Å². The molecule has 0 aliphatic heterocycles. The highest BCUT2D eigenvalue weighted by Gasteiger charge is 2.12. The largest absolute Gasteiger partial charge is 0.395 e. The SMILES string of the molecule is CCN(CCO)c1ccc(/C=C(\C#N)C(=O)Nc2ccccc2C)c(C)c1. The average molecular weight is 363 g/mol. The van der Waals surface area contributed by atoms with E-state index in [1.165, 1.54) is 0 Å². The first-order valence-corrected chi connectivity index (χ1v) is 8.95. The normalized spacial score (nSPS) is 11.0. The van der Waals surface area contributed by atoms with Gasteiger partial charge in [0.25, 0.3) is 5.91 Å². The third-order valence-electron chi connectivity index (χ3n) is 4.43. The Morgan fingerprint density at radius 3 is 2.56 bits per heavy atom. The van der Waals surface area contributed by atoms with Crippen LogP contribution in [0.3, 0.4) is 0 Å². The van der Waals surface area contributed by atoms with E-state index in [0.717, 1.165) is 28.9 Å². The van der Waals surface area contributed by atoms with Crippen molar-refractivity contribution in [3.8, 4) is 6.07 Å². The van der Waals surface area contributed by atoms with Crippen molar-refractivity contribution in [2.24, 2.45) is 0 Å². The second-order valence-corrected chi connectivity index (χ2v) is 6.28. The van der Waals surface area contributed by atoms with Crippen LogP contribution in [-0.2, 0) is 4.79 Å². The summed E-state index contributed by atoms with van der Waals surface area (Å²) >= 11 is 0. The smallest absolute Gasteiger partial charge is 0.266 e. The van der Waals surface area contributed by atoms with Gasteiger partial charge in [-0.05, 0) is 61.7 Å². The minimum absolute atomic E-state index is 0.0526. The zero-order valence-electron chi connectivity index (χ0n) is 16.0. The van der Waals surface area contributed by atoms with Crippen molar-refractivity contribution in [3.05, 3.63) is 64.7 Å². The second-order valence-electron chi connectivity index (χ2n) is 6.28. The number of nitrogens with one attached hydrogen (secondary N) is 1. The average Bonchev–Trinajstić information content (AvgIpc) is 2.66. The van der Waals surface area contributed by atoms with Crippen molar-refractivity contribution in [1.29, 1.82) is 5.26 Å². The summed E-state index contributed by atoms with van der Waals surface area (Å²) < 4.78 is 0. The quantitative estimate of drug-likeness (QED) is 0.581. The number of hydrogen-bond donors (Lipinski definition) is 2. The first kappa shape index (κ1) is 20.2. The van der Waals surface area contributed by atoms with Crippen LogP contribution < -0.4 is 10.2 Å². The number of anilines is 2. The van der Waals surface area contributed by atoms with Crippen LogP contribution in [-0.4, -0.2) is 30.7 Å². The molecule has 140 valence electrons. The predicted octanol–water partition coefficient (Wildman–Crippen LogP) is 3.67. The fraction of sp³-hybridized carbons (Fsp3) is 0.273. The molecule has 5 nitrogen and oxygen atoms in total. The third-order valence-corrected chi connectivity index (χ3v) is 4.43. The van der Waals surface area contributed by atoms with Crippen LogP contribution in [0.15, 0.2) is 48.0 Å². The lowest BCUT2D eigenvalue weighted by molar-refractivity contribution is -0.112. The molecule has 2 aromatic carbocycles. The van der Waals surface area contributed by atoms with Crippen LogP contribution in [0.1, 0.15) is 23.6 Å². The summed E-state index contributed by atoms with van der Waals surface area (Å²) in [5.41, 5.74) is 4.46. The molecule has 0 aromatic heterocycles. The molecule has 0 radical (unpaired) electrons. The number of nitriles is 1. The van der Waals surface area contributed by atoms with E-state index < -0.39 is 5.91 Å². The Labute approximate surface area is 160 Å². The Morgan fingerprint density at radius 1 is 1.22 bits per heavy atom. The van der Waals surface area contributed by atoms with E-state index >= 15 is 0 Å². The summed E-state index contributed by atoms with van der Waals surface area (Å²) in [5, 5.41) is 21.4. The molecular weight excluding hydrogens is 338 g/mol. The topological polar surface area (TPSA) is 76.4 Å². The minimum atomic E-state index is -0.425. The molecule has 1 amide bonds. The van der Waals surface area contributed by atoms with E-state index in [1.807, 2.05) is 69.3 Å². The van der Waals surface area contributed by atoms with Gasteiger partial charge < -0.3 is 15.3 Å². The van der Waals surface area contributed by atoms with Gasteiger partial charge in [0, 0.05) is 24.5 Å². The molecule has 0 bridgehead atoms. The van der Waals surface area contributed by atoms with Gasteiger partial charge in [0.1, 0.15) is 11.6 Å². The fourth-order valence-corrected chi connectivity index (χ4v) is 2.82. The molecule has 0 saturated heterocycles. The molecule has 0 unspecified atom stereocenters. The van der Waals surface area contributed by atoms with Gasteiger partial charge in [-0.2, -0.15) is 5.26 Å². The summed E-state index contributed by atoms with van der Waals surface area (Å²) in [7, 11) is 0. The van der Waals surface area contributed by atoms with Crippen molar-refractivity contribution in [3.63, 3.8) is 0 Å². The van der Waals surface area contributed by atoms with Gasteiger partial charge >= 0.3 is 0 Å². The minimum Gasteiger partial charge on any atom is -0.395 e. The molecule has 2 aromatic rings. The van der Waals surface area contributed by atoms with Crippen LogP contribution in [0.25, 0.3) is 6.08 Å². The fourth-order valence-electron chi connectivity index (χ4n) is 2.82. The van der Waals surface area contributed by atoms with E-state index in [4.69, 9.17) is 0 Å². The number of rotatable bonds is 7. The Bertz CT molecular complexity index is 881. The molecule has 0 atom stereocenters. The van der Waals surface area contributed by atoms with Gasteiger partial charge in [-0.25, -0.2) is 0 Å². The van der Waals surface area contributed by atoms with E-state index in [-0.39, 0.29) is 12.2 Å². The molecule has 5 heteroatoms. The zero-order valence-corrected chi connectivity index (χ0v) is 16.0. The molecule has 2 rings (SSSR count). The Kier molecular flexibility index (Phi) is 7.16. The maximum absolute atomic E-state index is 12.5. The zero-order chi connectivity index (χ0) is 19.8. The Hall–Kier alpha value is -3.10. The summed E-state index contributed by atoms with van der Waals surface area (Å²) in [4.78, 5) is 14.5. The van der Waals surface area contributed by atoms with Crippen LogP contribution in [0.4, 0.5) is 11.4 Å². The number of benzene rings is 2. The maximum atomic E-state index is 12.5. The maximum Gasteiger partial charge on any atom is 0.266 e. The second kappa shape index (κ2) is 9.56. The van der Waals surface area contributed by atoms with Crippen molar-refractivity contribution >= 4 is 23.4 Å². The highest BCUT2D eigenvalue weighted by Crippen LogP contribution is 2.22. The van der Waals surface area contributed by atoms with E-state index in [0.29, 0.717) is 12.2 Å². The number of nitrogens with zero attached hydrogens (tertiary/aromatic N) is 2. The summed E-state index contributed by atoms with van der Waals surface area (Å²) in [6.45, 7) is 7.32. The van der Waals surface area contributed by atoms with Crippen LogP contribution in [0, 0.1) is 25.2 Å². The summed E-state index contributed by atoms with van der Waals surface area (Å²) in [6.07, 6.45) is 1.61. The Morgan fingerprint density at radius 2 is 1.96 bits per heavy atom. The monoisotopic (exact) mass is 363 g/mol. The Balaban J connectivity index is 2.25. The van der Waals surface area contributed by atoms with Crippen molar-refractivity contribution in [2.45, 2.75) is 20.8 Å². The number of likely N-dealkylation sites (N-methyl/N-ethyl adjacent to an activating group) is 1. The molecule has 0 aliphatic rings. The van der Waals surface area contributed by atoms with Crippen molar-refractivity contribution in [1.82, 2.24) is 0 Å². The van der Waals surface area contributed by atoms with Gasteiger partial charge in [-0.3, -0.25) is 4.79 Å². The van der Waals surface area contributed by atoms with Gasteiger partial charge in [0.05, 0.1) is 6.61 Å². The predicted molar refractivity (Wildman–Crippen MR) is 110 cm³/mol. The number of amides is 1. The molecule has 0 heterocycles. The summed E-state index contributed by atoms with van der Waals surface area (Å²) in [6, 6.07) is 15.3. The van der Waals surface area contributed by atoms with E-state index in [2.05, 4.69) is 10.2 Å². The number of carbonyl (C=O) groups excluding carboxylic acids is 1. The highest BCUT2D eigenvalue weighted by molar-refractivity contribution is 6.10. The lowest BCUT2D eigenvalue weighted by Gasteiger charge is -2.22. The standard InChI is InChI=1S/C22H25N3O2/c1-4-25(11-12-26)20-10-9-18(17(3)13-20)14-19(15-23)22(27)24-21-8-6-5-7-16(21)2/h5-10,13-14,26H,4,11-12H2,1-3H3,(H,24,27)/b19-14+. The molecule has 0 saturated carbocycles. The number of carbonyl (C=O) groups is 1. The van der Waals surface area contributed by atoms with Crippen LogP contribution >= 0.6 is 0 Å². The van der Waals surface area contributed by atoms with Crippen LogP contribution in [0.5, 0.6) is 0 Å². The van der Waals surface area contributed by atoms with Crippen molar-refractivity contribution < 1.29 is 9.90 Å². The van der Waals surface area contributed by atoms with E-state index in [9.17, 15) is 15.2 Å². The van der Waals surface area contributed by atoms with Crippen molar-refractivity contribution in [2.75, 3.05) is 29.9 Å². The number of para-hydroxylation sites is 1. The third kappa shape index (κ3) is 5.19. The molecule has 27 heavy (non-hydrogen) atoms. The first-order chi connectivity index (χ1) is 13.0.